The van der Waals surface area contributed by atoms with Gasteiger partial charge in [-0.05, 0) is 68.8 Å². The summed E-state index contributed by atoms with van der Waals surface area (Å²) in [7, 11) is 0. The molecule has 0 aliphatic heterocycles. The molecular weight excluding hydrogens is 480 g/mol. The van der Waals surface area contributed by atoms with Gasteiger partial charge in [0.15, 0.2) is 5.82 Å². The van der Waals surface area contributed by atoms with E-state index in [1.807, 2.05) is 67.0 Å². The molecule has 6 heteroatoms. The van der Waals surface area contributed by atoms with E-state index in [0.717, 1.165) is 45.3 Å². The van der Waals surface area contributed by atoms with Crippen molar-refractivity contribution in [1.82, 2.24) is 24.9 Å². The number of aromatic nitrogens is 5. The molecule has 0 radical (unpaired) electrons. The van der Waals surface area contributed by atoms with Crippen molar-refractivity contribution in [3.05, 3.63) is 122 Å². The molecule has 4 aromatic heterocycles. The van der Waals surface area contributed by atoms with Crippen LogP contribution in [0.5, 0.6) is 0 Å². The molecule has 192 valence electrons. The van der Waals surface area contributed by atoms with Crippen LogP contribution in [0, 0.1) is 0 Å². The number of rotatable bonds is 8. The van der Waals surface area contributed by atoms with Gasteiger partial charge in [-0.15, -0.1) is 6.58 Å². The van der Waals surface area contributed by atoms with E-state index < -0.39 is 0 Å². The molecule has 0 fully saturated rings. The van der Waals surface area contributed by atoms with Gasteiger partial charge in [0, 0.05) is 35.2 Å². The minimum absolute atomic E-state index is 0.0256. The van der Waals surface area contributed by atoms with Gasteiger partial charge in [-0.1, -0.05) is 42.5 Å². The third kappa shape index (κ3) is 5.50. The predicted octanol–water partition coefficient (Wildman–Crippen LogP) is 7.80. The van der Waals surface area contributed by atoms with Gasteiger partial charge in [-0.3, -0.25) is 9.97 Å². The van der Waals surface area contributed by atoms with Crippen molar-refractivity contribution in [3.63, 3.8) is 0 Å². The van der Waals surface area contributed by atoms with Gasteiger partial charge in [-0.2, -0.15) is 0 Å². The number of pyridine rings is 3. The molecule has 0 N–H and O–H groups in total. The van der Waals surface area contributed by atoms with Crippen molar-refractivity contribution in [2.24, 2.45) is 0 Å². The monoisotopic (exact) mass is 510 g/mol. The van der Waals surface area contributed by atoms with Crippen LogP contribution >= 0.6 is 0 Å². The molecule has 0 aliphatic rings. The maximum absolute atomic E-state index is 4.85. The van der Waals surface area contributed by atoms with Gasteiger partial charge in [0.25, 0.3) is 0 Å². The van der Waals surface area contributed by atoms with E-state index in [-0.39, 0.29) is 6.04 Å². The van der Waals surface area contributed by atoms with Crippen molar-refractivity contribution in [2.75, 3.05) is 4.90 Å². The number of hydrogen-bond donors (Lipinski definition) is 0. The SMILES string of the molecule is C=CC(C)N(c1cnc(-c2cc(-c3ccccn3)nc(-c3ccccn3)c2)nc1)c1ccccc1/C(C)=C/C. The van der Waals surface area contributed by atoms with Crippen molar-refractivity contribution >= 4 is 16.9 Å². The highest BCUT2D eigenvalue weighted by molar-refractivity contribution is 5.80. The smallest absolute Gasteiger partial charge is 0.159 e. The number of hydrogen-bond acceptors (Lipinski definition) is 6. The molecule has 0 bridgehead atoms. The third-order valence-corrected chi connectivity index (χ3v) is 6.62. The Morgan fingerprint density at radius 1 is 0.795 bits per heavy atom. The summed E-state index contributed by atoms with van der Waals surface area (Å²) in [5.41, 5.74) is 8.17. The molecule has 0 spiro atoms. The first-order chi connectivity index (χ1) is 19.1. The first kappa shape index (κ1) is 25.7. The highest BCUT2D eigenvalue weighted by Crippen LogP contribution is 2.35. The van der Waals surface area contributed by atoms with Crippen LogP contribution in [0.2, 0.25) is 0 Å². The summed E-state index contributed by atoms with van der Waals surface area (Å²) in [6.07, 6.45) is 11.3. The zero-order chi connectivity index (χ0) is 27.2. The van der Waals surface area contributed by atoms with Crippen LogP contribution in [-0.4, -0.2) is 31.0 Å². The lowest BCUT2D eigenvalue weighted by Gasteiger charge is -2.31. The molecule has 5 rings (SSSR count). The summed E-state index contributed by atoms with van der Waals surface area (Å²) in [5, 5.41) is 0. The summed E-state index contributed by atoms with van der Waals surface area (Å²) in [6, 6.07) is 23.9. The number of benzene rings is 1. The van der Waals surface area contributed by atoms with E-state index in [0.29, 0.717) is 5.82 Å². The van der Waals surface area contributed by atoms with E-state index in [1.54, 1.807) is 12.4 Å². The zero-order valence-electron chi connectivity index (χ0n) is 22.4. The Morgan fingerprint density at radius 2 is 1.38 bits per heavy atom. The fraction of sp³-hybridized carbons (Fsp3) is 0.121. The van der Waals surface area contributed by atoms with E-state index in [9.17, 15) is 0 Å². The number of allylic oxidation sites excluding steroid dienone is 2. The van der Waals surface area contributed by atoms with Gasteiger partial charge in [-0.25, -0.2) is 15.0 Å². The third-order valence-electron chi connectivity index (χ3n) is 6.62. The fourth-order valence-corrected chi connectivity index (χ4v) is 4.42. The number of para-hydroxylation sites is 1. The first-order valence-electron chi connectivity index (χ1n) is 12.9. The van der Waals surface area contributed by atoms with Crippen molar-refractivity contribution in [1.29, 1.82) is 0 Å². The Hall–Kier alpha value is -4.97. The standard InChI is InChI=1S/C33H30N6/c1-5-23(3)27-13-7-8-16-32(27)39(24(4)6-2)26-21-36-33(37-22-26)25-19-30(28-14-9-11-17-34-28)38-31(20-25)29-15-10-12-18-35-29/h5-22,24H,2H2,1,3-4H3/b23-5+. The highest BCUT2D eigenvalue weighted by Gasteiger charge is 2.19. The molecule has 4 heterocycles. The molecular formula is C33H30N6. The molecule has 0 aliphatic carbocycles. The maximum Gasteiger partial charge on any atom is 0.159 e. The Balaban J connectivity index is 1.59. The summed E-state index contributed by atoms with van der Waals surface area (Å²) in [5.74, 6) is 0.597. The van der Waals surface area contributed by atoms with E-state index in [2.05, 4.69) is 72.6 Å². The number of anilines is 2. The molecule has 0 saturated heterocycles. The average Bonchev–Trinajstić information content (AvgIpc) is 3.02. The van der Waals surface area contributed by atoms with E-state index >= 15 is 0 Å². The minimum Gasteiger partial charge on any atom is -0.332 e. The summed E-state index contributed by atoms with van der Waals surface area (Å²) < 4.78 is 0. The van der Waals surface area contributed by atoms with Crippen LogP contribution in [0.1, 0.15) is 26.3 Å². The van der Waals surface area contributed by atoms with Crippen molar-refractivity contribution < 1.29 is 0 Å². The quantitative estimate of drug-likeness (QED) is 0.198. The van der Waals surface area contributed by atoms with Crippen LogP contribution in [0.25, 0.3) is 39.7 Å². The molecule has 0 amide bonds. The second-order valence-electron chi connectivity index (χ2n) is 9.16. The molecule has 1 atom stereocenters. The molecule has 39 heavy (non-hydrogen) atoms. The fourth-order valence-electron chi connectivity index (χ4n) is 4.42. The normalized spacial score (nSPS) is 12.1. The van der Waals surface area contributed by atoms with Gasteiger partial charge in [0.05, 0.1) is 40.9 Å². The van der Waals surface area contributed by atoms with Crippen molar-refractivity contribution in [2.45, 2.75) is 26.8 Å². The highest BCUT2D eigenvalue weighted by atomic mass is 15.2. The van der Waals surface area contributed by atoms with Gasteiger partial charge in [0.1, 0.15) is 0 Å². The largest absolute Gasteiger partial charge is 0.332 e. The molecule has 1 unspecified atom stereocenters. The Bertz CT molecular complexity index is 1540. The second kappa shape index (κ2) is 11.6. The van der Waals surface area contributed by atoms with Gasteiger partial charge < -0.3 is 4.90 Å². The lowest BCUT2D eigenvalue weighted by molar-refractivity contribution is 0.857. The Kier molecular flexibility index (Phi) is 7.64. The second-order valence-corrected chi connectivity index (χ2v) is 9.16. The van der Waals surface area contributed by atoms with Crippen LogP contribution in [0.3, 0.4) is 0 Å². The average molecular weight is 511 g/mol. The molecule has 5 aromatic rings. The maximum atomic E-state index is 4.85. The van der Waals surface area contributed by atoms with Gasteiger partial charge >= 0.3 is 0 Å². The van der Waals surface area contributed by atoms with Crippen LogP contribution in [0.4, 0.5) is 11.4 Å². The summed E-state index contributed by atoms with van der Waals surface area (Å²) in [6.45, 7) is 10.3. The molecule has 0 saturated carbocycles. The summed E-state index contributed by atoms with van der Waals surface area (Å²) in [4.78, 5) is 25.7. The number of nitrogens with zero attached hydrogens (tertiary/aromatic N) is 6. The lowest BCUT2D eigenvalue weighted by atomic mass is 10.0. The molecule has 1 aromatic carbocycles. The van der Waals surface area contributed by atoms with Crippen LogP contribution in [-0.2, 0) is 0 Å². The predicted molar refractivity (Wildman–Crippen MR) is 159 cm³/mol. The van der Waals surface area contributed by atoms with Gasteiger partial charge in [0.2, 0.25) is 0 Å². The first-order valence-corrected chi connectivity index (χ1v) is 12.9. The van der Waals surface area contributed by atoms with E-state index in [1.165, 1.54) is 5.57 Å². The van der Waals surface area contributed by atoms with Crippen LogP contribution < -0.4 is 4.90 Å². The van der Waals surface area contributed by atoms with Crippen LogP contribution in [0.15, 0.2) is 116 Å². The van der Waals surface area contributed by atoms with E-state index in [4.69, 9.17) is 15.0 Å². The lowest BCUT2D eigenvalue weighted by Crippen LogP contribution is -2.27. The Labute approximate surface area is 229 Å². The topological polar surface area (TPSA) is 67.7 Å². The minimum atomic E-state index is 0.0256. The Morgan fingerprint density at radius 3 is 1.92 bits per heavy atom. The summed E-state index contributed by atoms with van der Waals surface area (Å²) >= 11 is 0. The zero-order valence-corrected chi connectivity index (χ0v) is 22.4. The van der Waals surface area contributed by atoms with Crippen molar-refractivity contribution in [3.8, 4) is 34.2 Å². The molecule has 6 nitrogen and oxygen atoms in total.